The third kappa shape index (κ3) is 2.21. The Morgan fingerprint density at radius 2 is 1.79 bits per heavy atom. The lowest BCUT2D eigenvalue weighted by Crippen LogP contribution is -2.11. The van der Waals surface area contributed by atoms with Gasteiger partial charge in [-0.1, -0.05) is 37.3 Å². The highest BCUT2D eigenvalue weighted by Crippen LogP contribution is 2.44. The van der Waals surface area contributed by atoms with Crippen molar-refractivity contribution in [2.75, 3.05) is 7.11 Å². The van der Waals surface area contributed by atoms with E-state index in [-0.39, 0.29) is 6.10 Å². The molecule has 1 aliphatic rings. The van der Waals surface area contributed by atoms with Gasteiger partial charge in [-0.2, -0.15) is 0 Å². The fourth-order valence-corrected chi connectivity index (χ4v) is 2.89. The van der Waals surface area contributed by atoms with Crippen LogP contribution in [0.15, 0.2) is 36.4 Å². The Labute approximate surface area is 114 Å². The predicted molar refractivity (Wildman–Crippen MR) is 77.3 cm³/mol. The van der Waals surface area contributed by atoms with Crippen LogP contribution in [0.5, 0.6) is 5.75 Å². The quantitative estimate of drug-likeness (QED) is 0.898. The van der Waals surface area contributed by atoms with Crippen molar-refractivity contribution in [2.24, 2.45) is 11.8 Å². The van der Waals surface area contributed by atoms with Crippen LogP contribution in [0, 0.1) is 11.8 Å². The smallest absolute Gasteiger partial charge is 0.126 e. The van der Waals surface area contributed by atoms with E-state index in [9.17, 15) is 5.11 Å². The Bertz CT molecular complexity index is 587. The molecule has 0 radical (unpaired) electrons. The second-order valence-corrected chi connectivity index (χ2v) is 5.54. The number of aliphatic hydroxyl groups excluding tert-OH is 1. The highest BCUT2D eigenvalue weighted by molar-refractivity contribution is 5.91. The lowest BCUT2D eigenvalue weighted by atomic mass is 9.90. The molecule has 100 valence electrons. The van der Waals surface area contributed by atoms with Gasteiger partial charge in [-0.05, 0) is 41.7 Å². The van der Waals surface area contributed by atoms with Crippen LogP contribution >= 0.6 is 0 Å². The largest absolute Gasteiger partial charge is 0.496 e. The van der Waals surface area contributed by atoms with E-state index in [1.807, 2.05) is 30.3 Å². The van der Waals surface area contributed by atoms with Crippen LogP contribution in [0.25, 0.3) is 10.8 Å². The van der Waals surface area contributed by atoms with Gasteiger partial charge in [0.2, 0.25) is 0 Å². The molecule has 1 fully saturated rings. The number of rotatable bonds is 4. The molecule has 0 heterocycles. The van der Waals surface area contributed by atoms with Crippen LogP contribution in [0.2, 0.25) is 0 Å². The third-order valence-electron chi connectivity index (χ3n) is 4.32. The van der Waals surface area contributed by atoms with Crippen molar-refractivity contribution < 1.29 is 9.84 Å². The molecule has 3 rings (SSSR count). The number of aliphatic hydroxyl groups is 1. The van der Waals surface area contributed by atoms with Gasteiger partial charge in [0.1, 0.15) is 5.75 Å². The molecule has 0 aliphatic heterocycles. The molecule has 1 saturated carbocycles. The monoisotopic (exact) mass is 256 g/mol. The topological polar surface area (TPSA) is 29.5 Å². The molecule has 2 unspecified atom stereocenters. The van der Waals surface area contributed by atoms with E-state index >= 15 is 0 Å². The summed E-state index contributed by atoms with van der Waals surface area (Å²) < 4.78 is 5.40. The molecule has 0 spiro atoms. The van der Waals surface area contributed by atoms with Crippen LogP contribution in [-0.4, -0.2) is 12.2 Å². The fourth-order valence-electron chi connectivity index (χ4n) is 2.89. The molecular formula is C17H20O2. The van der Waals surface area contributed by atoms with Gasteiger partial charge in [0.15, 0.2) is 0 Å². The minimum atomic E-state index is -0.386. The van der Waals surface area contributed by atoms with Gasteiger partial charge in [0.05, 0.1) is 13.2 Å². The first-order chi connectivity index (χ1) is 9.22. The van der Waals surface area contributed by atoms with Crippen LogP contribution in [0.1, 0.15) is 31.4 Å². The molecule has 1 aliphatic carbocycles. The van der Waals surface area contributed by atoms with Crippen molar-refractivity contribution in [3.63, 3.8) is 0 Å². The van der Waals surface area contributed by atoms with Gasteiger partial charge >= 0.3 is 0 Å². The SMILES string of the molecule is COc1ccc(C(O)C(C)C2CC2)c2ccccc12. The van der Waals surface area contributed by atoms with Gasteiger partial charge in [-0.25, -0.2) is 0 Å². The standard InChI is InChI=1S/C17H20O2/c1-11(12-7-8-12)17(18)15-9-10-16(19-2)14-6-4-3-5-13(14)15/h3-6,9-12,17-18H,7-8H2,1-2H3. The molecule has 2 atom stereocenters. The molecular weight excluding hydrogens is 236 g/mol. The van der Waals surface area contributed by atoms with Crippen LogP contribution in [0.4, 0.5) is 0 Å². The van der Waals surface area contributed by atoms with Gasteiger partial charge in [-0.3, -0.25) is 0 Å². The van der Waals surface area contributed by atoms with Crippen molar-refractivity contribution in [1.29, 1.82) is 0 Å². The molecule has 0 amide bonds. The number of hydrogen-bond acceptors (Lipinski definition) is 2. The summed E-state index contributed by atoms with van der Waals surface area (Å²) >= 11 is 0. The van der Waals surface area contributed by atoms with Gasteiger partial charge in [-0.15, -0.1) is 0 Å². The second-order valence-electron chi connectivity index (χ2n) is 5.54. The normalized spacial score (nSPS) is 18.3. The molecule has 2 aromatic rings. The molecule has 0 saturated heterocycles. The first-order valence-corrected chi connectivity index (χ1v) is 6.96. The van der Waals surface area contributed by atoms with E-state index < -0.39 is 0 Å². The summed E-state index contributed by atoms with van der Waals surface area (Å²) in [6, 6.07) is 12.1. The maximum atomic E-state index is 10.6. The number of fused-ring (bicyclic) bond motifs is 1. The minimum Gasteiger partial charge on any atom is -0.496 e. The number of benzene rings is 2. The zero-order valence-electron chi connectivity index (χ0n) is 11.5. The molecule has 19 heavy (non-hydrogen) atoms. The fraction of sp³-hybridized carbons (Fsp3) is 0.412. The van der Waals surface area contributed by atoms with E-state index in [0.29, 0.717) is 11.8 Å². The molecule has 2 nitrogen and oxygen atoms in total. The van der Waals surface area contributed by atoms with E-state index in [2.05, 4.69) is 13.0 Å². The van der Waals surface area contributed by atoms with Crippen molar-refractivity contribution >= 4 is 10.8 Å². The average Bonchev–Trinajstić information content (AvgIpc) is 3.29. The maximum absolute atomic E-state index is 10.6. The first kappa shape index (κ1) is 12.5. The Hall–Kier alpha value is -1.54. The Morgan fingerprint density at radius 1 is 1.11 bits per heavy atom. The van der Waals surface area contributed by atoms with Crippen molar-refractivity contribution in [2.45, 2.75) is 25.9 Å². The van der Waals surface area contributed by atoms with Crippen molar-refractivity contribution in [1.82, 2.24) is 0 Å². The number of ether oxygens (including phenoxy) is 1. The summed E-state index contributed by atoms with van der Waals surface area (Å²) in [5.74, 6) is 1.89. The molecule has 1 N–H and O–H groups in total. The molecule has 2 heteroatoms. The van der Waals surface area contributed by atoms with E-state index in [0.717, 1.165) is 22.1 Å². The highest BCUT2D eigenvalue weighted by atomic mass is 16.5. The Balaban J connectivity index is 2.08. The molecule has 0 bridgehead atoms. The summed E-state index contributed by atoms with van der Waals surface area (Å²) in [4.78, 5) is 0. The first-order valence-electron chi connectivity index (χ1n) is 6.96. The van der Waals surface area contributed by atoms with Crippen LogP contribution < -0.4 is 4.74 Å². The summed E-state index contributed by atoms with van der Waals surface area (Å²) in [5, 5.41) is 12.8. The Kier molecular flexibility index (Phi) is 3.19. The maximum Gasteiger partial charge on any atom is 0.126 e. The predicted octanol–water partition coefficient (Wildman–Crippen LogP) is 3.93. The summed E-state index contributed by atoms with van der Waals surface area (Å²) in [5.41, 5.74) is 1.02. The Morgan fingerprint density at radius 3 is 2.42 bits per heavy atom. The lowest BCUT2D eigenvalue weighted by Gasteiger charge is -2.21. The zero-order chi connectivity index (χ0) is 13.4. The van der Waals surface area contributed by atoms with Gasteiger partial charge in [0, 0.05) is 5.39 Å². The average molecular weight is 256 g/mol. The molecule has 0 aromatic heterocycles. The third-order valence-corrected chi connectivity index (χ3v) is 4.32. The minimum absolute atomic E-state index is 0.330. The van der Waals surface area contributed by atoms with Crippen LogP contribution in [-0.2, 0) is 0 Å². The van der Waals surface area contributed by atoms with Crippen molar-refractivity contribution in [3.8, 4) is 5.75 Å². The van der Waals surface area contributed by atoms with Gasteiger partial charge in [0.25, 0.3) is 0 Å². The van der Waals surface area contributed by atoms with E-state index in [1.165, 1.54) is 12.8 Å². The van der Waals surface area contributed by atoms with E-state index in [1.54, 1.807) is 7.11 Å². The molecule has 2 aromatic carbocycles. The highest BCUT2D eigenvalue weighted by Gasteiger charge is 2.33. The van der Waals surface area contributed by atoms with Crippen LogP contribution in [0.3, 0.4) is 0 Å². The number of hydrogen-bond donors (Lipinski definition) is 1. The second kappa shape index (κ2) is 4.86. The zero-order valence-corrected chi connectivity index (χ0v) is 11.5. The summed E-state index contributed by atoms with van der Waals surface area (Å²) in [6.45, 7) is 2.15. The lowest BCUT2D eigenvalue weighted by molar-refractivity contribution is 0.107. The van der Waals surface area contributed by atoms with E-state index in [4.69, 9.17) is 4.74 Å². The summed E-state index contributed by atoms with van der Waals surface area (Å²) in [7, 11) is 1.69. The summed E-state index contributed by atoms with van der Waals surface area (Å²) in [6.07, 6.45) is 2.13. The number of methoxy groups -OCH3 is 1. The van der Waals surface area contributed by atoms with Crippen molar-refractivity contribution in [3.05, 3.63) is 42.0 Å². The van der Waals surface area contributed by atoms with Gasteiger partial charge < -0.3 is 9.84 Å².